The topological polar surface area (TPSA) is 48.1 Å². The quantitative estimate of drug-likeness (QED) is 0.834. The summed E-state index contributed by atoms with van der Waals surface area (Å²) >= 11 is 6.27. The van der Waals surface area contributed by atoms with Crippen molar-refractivity contribution in [3.05, 3.63) is 35.0 Å². The monoisotopic (exact) mass is 236 g/mol. The molecule has 84 valence electrons. The minimum atomic E-state index is 0.479. The summed E-state index contributed by atoms with van der Waals surface area (Å²) in [7, 11) is 0. The molecule has 0 amide bonds. The van der Waals surface area contributed by atoms with Gasteiger partial charge < -0.3 is 10.5 Å². The standard InChI is InChI=1S/C12H13ClN2O/c1-2-16-7-8-6-15-12-9(11(8)13)4-3-5-10(12)14/h3-6H,2,7,14H2,1H3. The van der Waals surface area contributed by atoms with Gasteiger partial charge in [-0.25, -0.2) is 0 Å². The minimum absolute atomic E-state index is 0.479. The molecule has 0 aliphatic heterocycles. The van der Waals surface area contributed by atoms with E-state index in [1.807, 2.05) is 25.1 Å². The zero-order chi connectivity index (χ0) is 11.5. The zero-order valence-corrected chi connectivity index (χ0v) is 9.79. The first-order valence-corrected chi connectivity index (χ1v) is 5.51. The smallest absolute Gasteiger partial charge is 0.0946 e. The highest BCUT2D eigenvalue weighted by molar-refractivity contribution is 6.36. The van der Waals surface area contributed by atoms with E-state index in [2.05, 4.69) is 4.98 Å². The van der Waals surface area contributed by atoms with Crippen molar-refractivity contribution < 1.29 is 4.74 Å². The van der Waals surface area contributed by atoms with Crippen LogP contribution >= 0.6 is 11.6 Å². The Kier molecular flexibility index (Phi) is 3.27. The van der Waals surface area contributed by atoms with Crippen molar-refractivity contribution in [1.82, 2.24) is 4.98 Å². The van der Waals surface area contributed by atoms with Gasteiger partial charge in [0.25, 0.3) is 0 Å². The third-order valence-corrected chi connectivity index (χ3v) is 2.84. The average Bonchev–Trinajstić information content (AvgIpc) is 2.29. The molecule has 0 unspecified atom stereocenters. The van der Waals surface area contributed by atoms with Crippen LogP contribution in [0.2, 0.25) is 5.02 Å². The van der Waals surface area contributed by atoms with Gasteiger partial charge >= 0.3 is 0 Å². The largest absolute Gasteiger partial charge is 0.397 e. The number of nitrogen functional groups attached to an aromatic ring is 1. The highest BCUT2D eigenvalue weighted by Crippen LogP contribution is 2.28. The number of benzene rings is 1. The van der Waals surface area contributed by atoms with Crippen LogP contribution in [-0.2, 0) is 11.3 Å². The van der Waals surface area contributed by atoms with Gasteiger partial charge in [0.1, 0.15) is 0 Å². The molecule has 1 aromatic heterocycles. The molecule has 4 heteroatoms. The molecular formula is C12H13ClN2O. The second-order valence-electron chi connectivity index (χ2n) is 3.48. The summed E-state index contributed by atoms with van der Waals surface area (Å²) in [5.41, 5.74) is 8.10. The summed E-state index contributed by atoms with van der Waals surface area (Å²) < 4.78 is 5.32. The van der Waals surface area contributed by atoms with Crippen LogP contribution in [0.1, 0.15) is 12.5 Å². The van der Waals surface area contributed by atoms with Crippen molar-refractivity contribution in [2.75, 3.05) is 12.3 Å². The van der Waals surface area contributed by atoms with Crippen LogP contribution in [0.4, 0.5) is 5.69 Å². The number of halogens is 1. The fourth-order valence-electron chi connectivity index (χ4n) is 1.57. The predicted molar refractivity (Wildman–Crippen MR) is 66.5 cm³/mol. The number of pyridine rings is 1. The number of ether oxygens (including phenoxy) is 1. The molecule has 2 N–H and O–H groups in total. The summed E-state index contributed by atoms with van der Waals surface area (Å²) in [5, 5.41) is 1.55. The van der Waals surface area contributed by atoms with Crippen molar-refractivity contribution in [3.63, 3.8) is 0 Å². The number of anilines is 1. The van der Waals surface area contributed by atoms with Crippen LogP contribution in [0.5, 0.6) is 0 Å². The lowest BCUT2D eigenvalue weighted by molar-refractivity contribution is 0.134. The van der Waals surface area contributed by atoms with E-state index in [-0.39, 0.29) is 0 Å². The second kappa shape index (κ2) is 4.68. The van der Waals surface area contributed by atoms with Crippen LogP contribution < -0.4 is 5.73 Å². The Hall–Kier alpha value is -1.32. The van der Waals surface area contributed by atoms with Crippen molar-refractivity contribution in [1.29, 1.82) is 0 Å². The van der Waals surface area contributed by atoms with Gasteiger partial charge in [0.05, 0.1) is 22.8 Å². The number of rotatable bonds is 3. The van der Waals surface area contributed by atoms with Gasteiger partial charge in [-0.15, -0.1) is 0 Å². The molecule has 1 heterocycles. The van der Waals surface area contributed by atoms with Gasteiger partial charge in [-0.05, 0) is 13.0 Å². The maximum absolute atomic E-state index is 6.27. The molecule has 2 rings (SSSR count). The first-order valence-electron chi connectivity index (χ1n) is 5.13. The first kappa shape index (κ1) is 11.2. The lowest BCUT2D eigenvalue weighted by Crippen LogP contribution is -1.96. The highest BCUT2D eigenvalue weighted by atomic mass is 35.5. The molecule has 0 saturated carbocycles. The summed E-state index contributed by atoms with van der Waals surface area (Å²) in [6.45, 7) is 3.08. The SMILES string of the molecule is CCOCc1cnc2c(N)cccc2c1Cl. The Bertz CT molecular complexity index is 514. The fraction of sp³-hybridized carbons (Fsp3) is 0.250. The molecule has 0 atom stereocenters. The van der Waals surface area contributed by atoms with Gasteiger partial charge in [0.2, 0.25) is 0 Å². The van der Waals surface area contributed by atoms with E-state index in [1.165, 1.54) is 0 Å². The number of hydrogen-bond acceptors (Lipinski definition) is 3. The molecule has 0 spiro atoms. The van der Waals surface area contributed by atoms with Crippen molar-refractivity contribution in [2.24, 2.45) is 0 Å². The van der Waals surface area contributed by atoms with Crippen LogP contribution in [0.3, 0.4) is 0 Å². The average molecular weight is 237 g/mol. The number of para-hydroxylation sites is 1. The molecule has 0 saturated heterocycles. The highest BCUT2D eigenvalue weighted by Gasteiger charge is 2.08. The maximum Gasteiger partial charge on any atom is 0.0946 e. The van der Waals surface area contributed by atoms with Gasteiger partial charge in [-0.1, -0.05) is 23.7 Å². The van der Waals surface area contributed by atoms with E-state index in [4.69, 9.17) is 22.1 Å². The van der Waals surface area contributed by atoms with E-state index in [9.17, 15) is 0 Å². The third-order valence-electron chi connectivity index (χ3n) is 2.40. The summed E-state index contributed by atoms with van der Waals surface area (Å²) in [6.07, 6.45) is 1.72. The zero-order valence-electron chi connectivity index (χ0n) is 9.03. The summed E-state index contributed by atoms with van der Waals surface area (Å²) in [4.78, 5) is 4.30. The normalized spacial score (nSPS) is 10.9. The van der Waals surface area contributed by atoms with E-state index in [0.29, 0.717) is 23.9 Å². The number of fused-ring (bicyclic) bond motifs is 1. The Morgan fingerprint density at radius 2 is 2.25 bits per heavy atom. The Balaban J connectivity index is 2.52. The molecule has 0 aliphatic rings. The van der Waals surface area contributed by atoms with E-state index in [0.717, 1.165) is 16.5 Å². The van der Waals surface area contributed by atoms with Gasteiger partial charge in [-0.3, -0.25) is 4.98 Å². The minimum Gasteiger partial charge on any atom is -0.397 e. The molecule has 3 nitrogen and oxygen atoms in total. The lowest BCUT2D eigenvalue weighted by atomic mass is 10.1. The molecular weight excluding hydrogens is 224 g/mol. The van der Waals surface area contributed by atoms with Crippen molar-refractivity contribution in [2.45, 2.75) is 13.5 Å². The van der Waals surface area contributed by atoms with Crippen LogP contribution in [0.25, 0.3) is 10.9 Å². The van der Waals surface area contributed by atoms with Crippen molar-refractivity contribution in [3.8, 4) is 0 Å². The predicted octanol–water partition coefficient (Wildman–Crippen LogP) is 3.01. The summed E-state index contributed by atoms with van der Waals surface area (Å²) in [5.74, 6) is 0. The van der Waals surface area contributed by atoms with Crippen LogP contribution in [0, 0.1) is 0 Å². The van der Waals surface area contributed by atoms with Gasteiger partial charge in [-0.2, -0.15) is 0 Å². The maximum atomic E-state index is 6.27. The Morgan fingerprint density at radius 3 is 3.00 bits per heavy atom. The van der Waals surface area contributed by atoms with E-state index >= 15 is 0 Å². The Labute approximate surface area is 99.2 Å². The molecule has 0 aliphatic carbocycles. The lowest BCUT2D eigenvalue weighted by Gasteiger charge is -2.08. The third kappa shape index (κ3) is 1.96. The number of nitrogens with zero attached hydrogens (tertiary/aromatic N) is 1. The molecule has 16 heavy (non-hydrogen) atoms. The van der Waals surface area contributed by atoms with Crippen LogP contribution in [-0.4, -0.2) is 11.6 Å². The molecule has 0 bridgehead atoms. The number of nitrogens with two attached hydrogens (primary N) is 1. The molecule has 2 aromatic rings. The van der Waals surface area contributed by atoms with Crippen LogP contribution in [0.15, 0.2) is 24.4 Å². The first-order chi connectivity index (χ1) is 7.74. The summed E-state index contributed by atoms with van der Waals surface area (Å²) in [6, 6.07) is 5.60. The van der Waals surface area contributed by atoms with Gasteiger partial charge in [0.15, 0.2) is 0 Å². The Morgan fingerprint density at radius 1 is 1.44 bits per heavy atom. The van der Waals surface area contributed by atoms with Gasteiger partial charge in [0, 0.05) is 23.8 Å². The van der Waals surface area contributed by atoms with E-state index in [1.54, 1.807) is 6.20 Å². The second-order valence-corrected chi connectivity index (χ2v) is 3.86. The number of aromatic nitrogens is 1. The van der Waals surface area contributed by atoms with E-state index < -0.39 is 0 Å². The van der Waals surface area contributed by atoms with Crippen molar-refractivity contribution >= 4 is 28.2 Å². The number of hydrogen-bond donors (Lipinski definition) is 1. The molecule has 1 aromatic carbocycles. The fourth-order valence-corrected chi connectivity index (χ4v) is 1.82. The molecule has 0 fully saturated rings. The molecule has 0 radical (unpaired) electrons.